The van der Waals surface area contributed by atoms with Crippen LogP contribution < -0.4 is 5.73 Å². The number of aromatic nitrogens is 5. The van der Waals surface area contributed by atoms with E-state index in [1.54, 1.807) is 0 Å². The number of carbonyl (C=O) groups is 1. The molecule has 1 fully saturated rings. The Morgan fingerprint density at radius 3 is 2.82 bits per heavy atom. The van der Waals surface area contributed by atoms with Crippen molar-refractivity contribution in [3.05, 3.63) is 53.1 Å². The number of hydrogen-bond donors (Lipinski definition) is 1. The molecule has 0 aliphatic heterocycles. The van der Waals surface area contributed by atoms with E-state index in [1.807, 2.05) is 36.0 Å². The highest BCUT2D eigenvalue weighted by molar-refractivity contribution is 5.96. The number of rotatable bonds is 7. The standard InChI is InChI=1S/C21H26N6O/c1-3-4-5-19-24-25-26-27(19)21(17-7-8-17)11-15(10-16(12-21)20(22)28)18-9-6-14(2)13-23-18/h6,9-11,13,17H,3-5,7-8,12H2,1-2H3,(H2,22,28). The summed E-state index contributed by atoms with van der Waals surface area (Å²) in [6.45, 7) is 4.16. The summed E-state index contributed by atoms with van der Waals surface area (Å²) in [6.07, 6.45) is 11.5. The van der Waals surface area contributed by atoms with Crippen LogP contribution in [0.15, 0.2) is 36.1 Å². The summed E-state index contributed by atoms with van der Waals surface area (Å²) >= 11 is 0. The van der Waals surface area contributed by atoms with Crippen molar-refractivity contribution in [1.82, 2.24) is 25.2 Å². The van der Waals surface area contributed by atoms with Gasteiger partial charge < -0.3 is 5.73 Å². The molecule has 2 aromatic rings. The predicted octanol–water partition coefficient (Wildman–Crippen LogP) is 2.72. The minimum atomic E-state index is -0.465. The first-order valence-corrected chi connectivity index (χ1v) is 9.97. The lowest BCUT2D eigenvalue weighted by Gasteiger charge is -2.35. The molecule has 2 aliphatic rings. The lowest BCUT2D eigenvalue weighted by atomic mass is 9.78. The number of nitrogens with two attached hydrogens (primary N) is 1. The quantitative estimate of drug-likeness (QED) is 0.798. The molecule has 1 amide bonds. The average Bonchev–Trinajstić information content (AvgIpc) is 3.45. The van der Waals surface area contributed by atoms with Gasteiger partial charge in [0.05, 0.1) is 11.2 Å². The fourth-order valence-electron chi connectivity index (χ4n) is 4.02. The van der Waals surface area contributed by atoms with Crippen LogP contribution in [0.2, 0.25) is 0 Å². The molecule has 1 saturated carbocycles. The Bertz CT molecular complexity index is 938. The molecule has 146 valence electrons. The van der Waals surface area contributed by atoms with E-state index in [4.69, 9.17) is 5.73 Å². The Morgan fingerprint density at radius 2 is 2.18 bits per heavy atom. The molecule has 28 heavy (non-hydrogen) atoms. The molecular weight excluding hydrogens is 352 g/mol. The van der Waals surface area contributed by atoms with E-state index in [0.29, 0.717) is 17.9 Å². The lowest BCUT2D eigenvalue weighted by molar-refractivity contribution is -0.114. The van der Waals surface area contributed by atoms with Crippen molar-refractivity contribution >= 4 is 11.5 Å². The molecule has 1 atom stereocenters. The molecule has 2 aliphatic carbocycles. The topological polar surface area (TPSA) is 99.6 Å². The summed E-state index contributed by atoms with van der Waals surface area (Å²) < 4.78 is 1.95. The monoisotopic (exact) mass is 378 g/mol. The Kier molecular flexibility index (Phi) is 4.83. The average molecular weight is 378 g/mol. The van der Waals surface area contributed by atoms with Gasteiger partial charge in [0.15, 0.2) is 5.82 Å². The molecule has 0 radical (unpaired) electrons. The third kappa shape index (κ3) is 3.37. The number of aryl methyl sites for hydroxylation is 2. The second-order valence-electron chi connectivity index (χ2n) is 7.91. The van der Waals surface area contributed by atoms with Gasteiger partial charge in [0, 0.05) is 24.6 Å². The van der Waals surface area contributed by atoms with Gasteiger partial charge in [0.25, 0.3) is 0 Å². The third-order valence-electron chi connectivity index (χ3n) is 5.70. The molecule has 0 saturated heterocycles. The number of pyridine rings is 1. The first-order chi connectivity index (χ1) is 13.5. The van der Waals surface area contributed by atoms with Crippen molar-refractivity contribution in [3.63, 3.8) is 0 Å². The summed E-state index contributed by atoms with van der Waals surface area (Å²) in [6, 6.07) is 4.01. The first kappa shape index (κ1) is 18.5. The van der Waals surface area contributed by atoms with Crippen LogP contribution in [0.1, 0.15) is 56.1 Å². The number of carbonyl (C=O) groups excluding carboxylic acids is 1. The highest BCUT2D eigenvalue weighted by Crippen LogP contribution is 2.51. The van der Waals surface area contributed by atoms with Gasteiger partial charge in [-0.15, -0.1) is 5.10 Å². The second kappa shape index (κ2) is 7.30. The highest BCUT2D eigenvalue weighted by Gasteiger charge is 2.49. The van der Waals surface area contributed by atoms with Gasteiger partial charge in [-0.3, -0.25) is 9.78 Å². The molecule has 7 nitrogen and oxygen atoms in total. The van der Waals surface area contributed by atoms with Gasteiger partial charge in [-0.05, 0) is 71.9 Å². The fraction of sp³-hybridized carbons (Fsp3) is 0.476. The zero-order valence-corrected chi connectivity index (χ0v) is 16.4. The number of hydrogen-bond acceptors (Lipinski definition) is 5. The summed E-state index contributed by atoms with van der Waals surface area (Å²) in [5.41, 5.74) is 8.69. The first-order valence-electron chi connectivity index (χ1n) is 9.97. The Hall–Kier alpha value is -2.83. The normalized spacial score (nSPS) is 21.9. The van der Waals surface area contributed by atoms with E-state index in [-0.39, 0.29) is 0 Å². The van der Waals surface area contributed by atoms with E-state index in [1.165, 1.54) is 0 Å². The Morgan fingerprint density at radius 1 is 1.36 bits per heavy atom. The van der Waals surface area contributed by atoms with Crippen LogP contribution in [-0.2, 0) is 16.8 Å². The third-order valence-corrected chi connectivity index (χ3v) is 5.70. The summed E-state index contributed by atoms with van der Waals surface area (Å²) in [5, 5.41) is 12.6. The largest absolute Gasteiger partial charge is 0.366 e. The summed E-state index contributed by atoms with van der Waals surface area (Å²) in [7, 11) is 0. The summed E-state index contributed by atoms with van der Waals surface area (Å²) in [5.74, 6) is 0.859. The minimum absolute atomic E-state index is 0.389. The van der Waals surface area contributed by atoms with Gasteiger partial charge in [-0.1, -0.05) is 19.4 Å². The molecule has 0 bridgehead atoms. The van der Waals surface area contributed by atoms with Crippen molar-refractivity contribution in [2.75, 3.05) is 0 Å². The maximum Gasteiger partial charge on any atom is 0.244 e. The van der Waals surface area contributed by atoms with Gasteiger partial charge in [0.1, 0.15) is 0 Å². The van der Waals surface area contributed by atoms with Crippen LogP contribution in [0.4, 0.5) is 0 Å². The van der Waals surface area contributed by atoms with Crippen molar-refractivity contribution < 1.29 is 4.79 Å². The molecular formula is C21H26N6O. The van der Waals surface area contributed by atoms with Crippen molar-refractivity contribution in [2.45, 2.75) is 57.9 Å². The van der Waals surface area contributed by atoms with Gasteiger partial charge in [-0.2, -0.15) is 0 Å². The fourth-order valence-corrected chi connectivity index (χ4v) is 4.02. The number of tetrazole rings is 1. The van der Waals surface area contributed by atoms with Crippen LogP contribution in [0.5, 0.6) is 0 Å². The maximum atomic E-state index is 12.2. The van der Waals surface area contributed by atoms with Gasteiger partial charge in [0.2, 0.25) is 5.91 Å². The van der Waals surface area contributed by atoms with E-state index in [0.717, 1.165) is 54.8 Å². The molecule has 4 rings (SSSR count). The Balaban J connectivity index is 1.84. The molecule has 2 N–H and O–H groups in total. The number of allylic oxidation sites excluding steroid dienone is 3. The summed E-state index contributed by atoms with van der Waals surface area (Å²) in [4.78, 5) is 16.8. The molecule has 1 unspecified atom stereocenters. The molecule has 0 aromatic carbocycles. The zero-order valence-electron chi connectivity index (χ0n) is 16.4. The number of nitrogens with zero attached hydrogens (tertiary/aromatic N) is 5. The predicted molar refractivity (Wildman–Crippen MR) is 106 cm³/mol. The van der Waals surface area contributed by atoms with E-state index >= 15 is 0 Å². The molecule has 0 spiro atoms. The van der Waals surface area contributed by atoms with Gasteiger partial charge in [-0.25, -0.2) is 4.68 Å². The highest BCUT2D eigenvalue weighted by atomic mass is 16.1. The molecule has 2 aromatic heterocycles. The zero-order chi connectivity index (χ0) is 19.7. The molecule has 7 heteroatoms. The number of amides is 1. The van der Waals surface area contributed by atoms with Crippen LogP contribution >= 0.6 is 0 Å². The van der Waals surface area contributed by atoms with E-state index < -0.39 is 11.4 Å². The van der Waals surface area contributed by atoms with Crippen molar-refractivity contribution in [3.8, 4) is 0 Å². The number of unbranched alkanes of at least 4 members (excludes halogenated alkanes) is 1. The molecule has 2 heterocycles. The number of primary amides is 1. The van der Waals surface area contributed by atoms with Crippen LogP contribution in [0.3, 0.4) is 0 Å². The van der Waals surface area contributed by atoms with Crippen LogP contribution in [0.25, 0.3) is 5.57 Å². The second-order valence-corrected chi connectivity index (χ2v) is 7.91. The van der Waals surface area contributed by atoms with E-state index in [9.17, 15) is 4.79 Å². The smallest absolute Gasteiger partial charge is 0.244 e. The lowest BCUT2D eigenvalue weighted by Crippen LogP contribution is -2.40. The van der Waals surface area contributed by atoms with E-state index in [2.05, 4.69) is 33.5 Å². The van der Waals surface area contributed by atoms with Crippen molar-refractivity contribution in [2.24, 2.45) is 11.7 Å². The Labute approximate surface area is 164 Å². The van der Waals surface area contributed by atoms with Crippen molar-refractivity contribution in [1.29, 1.82) is 0 Å². The SMILES string of the molecule is CCCCc1nnnn1C1(C2CC2)C=C(c2ccc(C)cn2)C=C(C(N)=O)C1. The van der Waals surface area contributed by atoms with Gasteiger partial charge >= 0.3 is 0 Å². The van der Waals surface area contributed by atoms with Crippen LogP contribution in [-0.4, -0.2) is 31.1 Å². The minimum Gasteiger partial charge on any atom is -0.366 e. The maximum absolute atomic E-state index is 12.2. The van der Waals surface area contributed by atoms with Crippen LogP contribution in [0, 0.1) is 12.8 Å².